The Balaban J connectivity index is 1.38. The van der Waals surface area contributed by atoms with E-state index in [2.05, 4.69) is 15.4 Å². The number of nitrogens with zero attached hydrogens (tertiary/aromatic N) is 2. The first-order valence-electron chi connectivity index (χ1n) is 13.9. The molecule has 2 aromatic heterocycles. The van der Waals surface area contributed by atoms with Crippen LogP contribution in [-0.4, -0.2) is 43.6 Å². The van der Waals surface area contributed by atoms with Crippen LogP contribution in [0.25, 0.3) is 22.2 Å². The number of hydrogen-bond donors (Lipinski definition) is 3. The number of carboxylic acids is 1. The molecule has 0 bridgehead atoms. The predicted octanol–water partition coefficient (Wildman–Crippen LogP) is 5.43. The minimum absolute atomic E-state index is 0.0455. The quantitative estimate of drug-likeness (QED) is 0.186. The first-order valence-corrected chi connectivity index (χ1v) is 13.9. The average Bonchev–Trinajstić information content (AvgIpc) is 3.58. The molecule has 0 saturated heterocycles. The monoisotopic (exact) mass is 562 g/mol. The van der Waals surface area contributed by atoms with E-state index in [1.54, 1.807) is 10.9 Å². The number of aliphatic carboxylic acids is 1. The summed E-state index contributed by atoms with van der Waals surface area (Å²) in [6.07, 6.45) is 4.00. The number of aromatic amines is 1. The number of fused-ring (bicyclic) bond motifs is 1. The number of para-hydroxylation sites is 1. The molecular formula is C34H34N4O4. The molecule has 3 N–H and O–H groups in total. The molecule has 1 amide bonds. The number of rotatable bonds is 11. The van der Waals surface area contributed by atoms with Gasteiger partial charge in [-0.1, -0.05) is 59.7 Å². The zero-order valence-corrected chi connectivity index (χ0v) is 23.9. The summed E-state index contributed by atoms with van der Waals surface area (Å²) in [5.41, 5.74) is 6.82. The number of carbonyl (C=O) groups is 3. The summed E-state index contributed by atoms with van der Waals surface area (Å²) in [6, 6.07) is 21.8. The summed E-state index contributed by atoms with van der Waals surface area (Å²) in [7, 11) is 1.86. The Kier molecular flexibility index (Phi) is 8.33. The van der Waals surface area contributed by atoms with Gasteiger partial charge in [-0.25, -0.2) is 4.79 Å². The molecule has 3 aromatic carbocycles. The lowest BCUT2D eigenvalue weighted by Gasteiger charge is -2.21. The summed E-state index contributed by atoms with van der Waals surface area (Å²) < 4.78 is 1.73. The van der Waals surface area contributed by atoms with Gasteiger partial charge in [0.05, 0.1) is 5.69 Å². The number of ketones is 1. The number of aromatic nitrogens is 3. The van der Waals surface area contributed by atoms with Gasteiger partial charge in [-0.05, 0) is 55.7 Å². The molecule has 2 heterocycles. The minimum Gasteiger partial charge on any atom is -0.480 e. The Hall–Kier alpha value is -4.98. The summed E-state index contributed by atoms with van der Waals surface area (Å²) in [4.78, 5) is 42.5. The van der Waals surface area contributed by atoms with Crippen LogP contribution in [0, 0.1) is 19.8 Å². The van der Waals surface area contributed by atoms with E-state index in [9.17, 15) is 19.5 Å². The van der Waals surface area contributed by atoms with Crippen LogP contribution in [-0.2, 0) is 29.5 Å². The Morgan fingerprint density at radius 2 is 1.67 bits per heavy atom. The van der Waals surface area contributed by atoms with Crippen LogP contribution < -0.4 is 5.32 Å². The summed E-state index contributed by atoms with van der Waals surface area (Å²) in [5, 5.41) is 18.1. The summed E-state index contributed by atoms with van der Waals surface area (Å²) in [6.45, 7) is 3.86. The largest absolute Gasteiger partial charge is 0.480 e. The lowest BCUT2D eigenvalue weighted by Crippen LogP contribution is -2.45. The zero-order valence-electron chi connectivity index (χ0n) is 23.9. The van der Waals surface area contributed by atoms with Crippen molar-refractivity contribution < 1.29 is 19.5 Å². The van der Waals surface area contributed by atoms with Gasteiger partial charge < -0.3 is 15.4 Å². The molecule has 0 fully saturated rings. The molecule has 5 aromatic rings. The van der Waals surface area contributed by atoms with Crippen LogP contribution in [0.4, 0.5) is 0 Å². The van der Waals surface area contributed by atoms with E-state index < -0.39 is 23.8 Å². The van der Waals surface area contributed by atoms with Crippen LogP contribution >= 0.6 is 0 Å². The average molecular weight is 563 g/mol. The van der Waals surface area contributed by atoms with E-state index in [1.807, 2.05) is 99.9 Å². The third kappa shape index (κ3) is 6.66. The summed E-state index contributed by atoms with van der Waals surface area (Å²) >= 11 is 0. The fourth-order valence-corrected chi connectivity index (χ4v) is 5.41. The molecule has 8 nitrogen and oxygen atoms in total. The highest BCUT2D eigenvalue weighted by Crippen LogP contribution is 2.23. The van der Waals surface area contributed by atoms with Crippen molar-refractivity contribution in [2.45, 2.75) is 39.2 Å². The van der Waals surface area contributed by atoms with E-state index >= 15 is 0 Å². The van der Waals surface area contributed by atoms with Crippen LogP contribution in [0.5, 0.6) is 0 Å². The third-order valence-corrected chi connectivity index (χ3v) is 7.51. The second kappa shape index (κ2) is 12.3. The topological polar surface area (TPSA) is 117 Å². The van der Waals surface area contributed by atoms with Crippen molar-refractivity contribution in [2.24, 2.45) is 13.0 Å². The molecule has 42 heavy (non-hydrogen) atoms. The molecule has 0 radical (unpaired) electrons. The smallest absolute Gasteiger partial charge is 0.326 e. The number of benzene rings is 3. The maximum absolute atomic E-state index is 13.7. The number of carboxylic acid groups (broad SMARTS) is 1. The number of Topliss-reactive ketones (excluding diaryl/α,β-unsaturated/α-hetero) is 1. The molecule has 0 aliphatic rings. The standard InChI is InChI=1S/C34H34N4O4/c1-21-14-22(2)16-25(15-21)32(39)19-26(17-23-8-10-24(11-9-23)29-12-13-38(3)37-29)33(40)36-31(34(41)42)18-27-20-35-30-7-5-4-6-28(27)30/h4-16,20,26,31,35H,17-19H2,1-3H3,(H,36,40)(H,41,42)/t26-,31-/m0/s1. The molecule has 8 heteroatoms. The van der Waals surface area contributed by atoms with Gasteiger partial charge in [-0.2, -0.15) is 5.10 Å². The first-order chi connectivity index (χ1) is 20.2. The molecule has 214 valence electrons. The highest BCUT2D eigenvalue weighted by Gasteiger charge is 2.28. The SMILES string of the molecule is Cc1cc(C)cc(C(=O)C[C@H](Cc2ccc(-c3ccn(C)n3)cc2)C(=O)N[C@@H](Cc2c[nH]c3ccccc23)C(=O)O)c1. The molecule has 0 aliphatic heterocycles. The number of carbonyl (C=O) groups excluding carboxylic acids is 2. The normalized spacial score (nSPS) is 12.6. The molecule has 0 unspecified atom stereocenters. The van der Waals surface area contributed by atoms with Crippen molar-refractivity contribution in [1.82, 2.24) is 20.1 Å². The van der Waals surface area contributed by atoms with Crippen molar-refractivity contribution in [1.29, 1.82) is 0 Å². The molecule has 5 rings (SSSR count). The highest BCUT2D eigenvalue weighted by atomic mass is 16.4. The fraction of sp³-hybridized carbons (Fsp3) is 0.235. The number of hydrogen-bond acceptors (Lipinski definition) is 4. The van der Waals surface area contributed by atoms with Gasteiger partial charge in [-0.3, -0.25) is 14.3 Å². The van der Waals surface area contributed by atoms with Gasteiger partial charge in [0.25, 0.3) is 0 Å². The van der Waals surface area contributed by atoms with E-state index in [4.69, 9.17) is 0 Å². The predicted molar refractivity (Wildman–Crippen MR) is 162 cm³/mol. The van der Waals surface area contributed by atoms with Crippen molar-refractivity contribution in [3.8, 4) is 11.3 Å². The molecule has 0 spiro atoms. The number of aryl methyl sites for hydroxylation is 3. The number of H-pyrrole nitrogens is 1. The van der Waals surface area contributed by atoms with Crippen LogP contribution in [0.1, 0.15) is 39.0 Å². The third-order valence-electron chi connectivity index (χ3n) is 7.51. The Morgan fingerprint density at radius 1 is 0.952 bits per heavy atom. The Labute approximate surface area is 244 Å². The van der Waals surface area contributed by atoms with Crippen LogP contribution in [0.3, 0.4) is 0 Å². The van der Waals surface area contributed by atoms with E-state index in [-0.39, 0.29) is 25.0 Å². The van der Waals surface area contributed by atoms with Crippen molar-refractivity contribution in [3.63, 3.8) is 0 Å². The van der Waals surface area contributed by atoms with Crippen molar-refractivity contribution in [3.05, 3.63) is 113 Å². The van der Waals surface area contributed by atoms with Crippen molar-refractivity contribution in [2.75, 3.05) is 0 Å². The zero-order chi connectivity index (χ0) is 29.8. The lowest BCUT2D eigenvalue weighted by molar-refractivity contribution is -0.142. The minimum atomic E-state index is -1.15. The maximum atomic E-state index is 13.7. The van der Waals surface area contributed by atoms with Gasteiger partial charge in [0.15, 0.2) is 5.78 Å². The van der Waals surface area contributed by atoms with E-state index in [1.165, 1.54) is 0 Å². The molecule has 0 aliphatic carbocycles. The van der Waals surface area contributed by atoms with Crippen LogP contribution in [0.15, 0.2) is 85.2 Å². The van der Waals surface area contributed by atoms with E-state index in [0.29, 0.717) is 5.56 Å². The Morgan fingerprint density at radius 3 is 2.33 bits per heavy atom. The van der Waals surface area contributed by atoms with E-state index in [0.717, 1.165) is 44.4 Å². The number of amides is 1. The van der Waals surface area contributed by atoms with Gasteiger partial charge in [-0.15, -0.1) is 0 Å². The van der Waals surface area contributed by atoms with Gasteiger partial charge in [0.1, 0.15) is 6.04 Å². The highest BCUT2D eigenvalue weighted by molar-refractivity contribution is 5.99. The van der Waals surface area contributed by atoms with Crippen molar-refractivity contribution >= 4 is 28.6 Å². The Bertz CT molecular complexity index is 1730. The molecule has 2 atom stereocenters. The maximum Gasteiger partial charge on any atom is 0.326 e. The molecular weight excluding hydrogens is 528 g/mol. The van der Waals surface area contributed by atoms with Gasteiger partial charge in [0.2, 0.25) is 5.91 Å². The fourth-order valence-electron chi connectivity index (χ4n) is 5.41. The first kappa shape index (κ1) is 28.5. The summed E-state index contributed by atoms with van der Waals surface area (Å²) in [5.74, 6) is -2.51. The molecule has 0 saturated carbocycles. The number of nitrogens with one attached hydrogen (secondary N) is 2. The van der Waals surface area contributed by atoms with Crippen LogP contribution in [0.2, 0.25) is 0 Å². The van der Waals surface area contributed by atoms with Gasteiger partial charge in [0, 0.05) is 60.2 Å². The van der Waals surface area contributed by atoms with Gasteiger partial charge >= 0.3 is 5.97 Å². The second-order valence-corrected chi connectivity index (χ2v) is 10.9. The second-order valence-electron chi connectivity index (χ2n) is 10.9. The lowest BCUT2D eigenvalue weighted by atomic mass is 9.89.